The van der Waals surface area contributed by atoms with E-state index in [9.17, 15) is 4.79 Å². The number of carbonyl (C=O) groups is 1. The van der Waals surface area contributed by atoms with Crippen molar-refractivity contribution in [2.75, 3.05) is 13.9 Å². The van der Waals surface area contributed by atoms with Gasteiger partial charge in [0.25, 0.3) is 0 Å². The van der Waals surface area contributed by atoms with Crippen LogP contribution in [0.15, 0.2) is 42.5 Å². The predicted octanol–water partition coefficient (Wildman–Crippen LogP) is 3.76. The van der Waals surface area contributed by atoms with Crippen LogP contribution in [-0.2, 0) is 11.2 Å². The fraction of sp³-hybridized carbons (Fsp3) is 0.273. The van der Waals surface area contributed by atoms with Gasteiger partial charge in [-0.05, 0) is 50.1 Å². The minimum atomic E-state index is -0.309. The zero-order chi connectivity index (χ0) is 20.4. The second-order valence-corrected chi connectivity index (χ2v) is 6.75. The van der Waals surface area contributed by atoms with Crippen LogP contribution in [0, 0.1) is 13.8 Å². The summed E-state index contributed by atoms with van der Waals surface area (Å²) < 4.78 is 23.2. The van der Waals surface area contributed by atoms with Crippen molar-refractivity contribution in [3.8, 4) is 28.7 Å². The van der Waals surface area contributed by atoms with Crippen LogP contribution in [0.1, 0.15) is 23.4 Å². The average molecular weight is 394 g/mol. The van der Waals surface area contributed by atoms with Gasteiger partial charge in [-0.1, -0.05) is 6.07 Å². The van der Waals surface area contributed by atoms with Gasteiger partial charge in [-0.2, -0.15) is 5.10 Å². The number of nitrogens with zero attached hydrogens (tertiary/aromatic N) is 2. The lowest BCUT2D eigenvalue weighted by molar-refractivity contribution is -0.134. The Balaban J connectivity index is 1.44. The quantitative estimate of drug-likeness (QED) is 0.468. The molecule has 1 aliphatic rings. The summed E-state index contributed by atoms with van der Waals surface area (Å²) in [6, 6.07) is 12.8. The van der Waals surface area contributed by atoms with Crippen molar-refractivity contribution in [2.24, 2.45) is 0 Å². The normalized spacial score (nSPS) is 12.1. The van der Waals surface area contributed by atoms with E-state index >= 15 is 0 Å². The molecule has 0 saturated heterocycles. The minimum Gasteiger partial charge on any atom is -0.497 e. The molecule has 150 valence electrons. The first-order valence-electron chi connectivity index (χ1n) is 9.35. The summed E-state index contributed by atoms with van der Waals surface area (Å²) in [5, 5.41) is 4.64. The molecule has 29 heavy (non-hydrogen) atoms. The van der Waals surface area contributed by atoms with Crippen LogP contribution in [0.2, 0.25) is 0 Å². The van der Waals surface area contributed by atoms with Crippen molar-refractivity contribution in [1.29, 1.82) is 0 Å². The number of hydrogen-bond donors (Lipinski definition) is 0. The first kappa shape index (κ1) is 18.9. The van der Waals surface area contributed by atoms with E-state index < -0.39 is 0 Å². The topological polar surface area (TPSA) is 71.8 Å². The highest BCUT2D eigenvalue weighted by molar-refractivity contribution is 5.73. The van der Waals surface area contributed by atoms with E-state index in [0.29, 0.717) is 23.7 Å². The number of aryl methyl sites for hydroxylation is 1. The maximum absolute atomic E-state index is 12.3. The third-order valence-electron chi connectivity index (χ3n) is 4.89. The van der Waals surface area contributed by atoms with Gasteiger partial charge in [0.2, 0.25) is 6.79 Å². The molecule has 0 radical (unpaired) electrons. The number of rotatable bonds is 6. The third-order valence-corrected chi connectivity index (χ3v) is 4.89. The molecule has 1 aliphatic heterocycles. The van der Waals surface area contributed by atoms with Gasteiger partial charge < -0.3 is 18.9 Å². The minimum absolute atomic E-state index is 0.183. The molecule has 0 saturated carbocycles. The van der Waals surface area contributed by atoms with Crippen LogP contribution in [-0.4, -0.2) is 29.7 Å². The number of esters is 1. The molecule has 0 fully saturated rings. The van der Waals surface area contributed by atoms with Gasteiger partial charge in [-0.25, -0.2) is 4.68 Å². The molecule has 0 amide bonds. The Morgan fingerprint density at radius 3 is 2.76 bits per heavy atom. The van der Waals surface area contributed by atoms with Crippen LogP contribution < -0.4 is 18.9 Å². The van der Waals surface area contributed by atoms with Crippen LogP contribution in [0.25, 0.3) is 5.69 Å². The Morgan fingerprint density at radius 1 is 1.10 bits per heavy atom. The Bertz CT molecular complexity index is 1060. The van der Waals surface area contributed by atoms with Gasteiger partial charge in [0, 0.05) is 17.8 Å². The Labute approximate surface area is 168 Å². The van der Waals surface area contributed by atoms with Crippen LogP contribution in [0.4, 0.5) is 0 Å². The zero-order valence-electron chi connectivity index (χ0n) is 16.6. The first-order chi connectivity index (χ1) is 14.0. The molecule has 7 nitrogen and oxygen atoms in total. The van der Waals surface area contributed by atoms with E-state index in [-0.39, 0.29) is 19.2 Å². The Kier molecular flexibility index (Phi) is 5.12. The van der Waals surface area contributed by atoms with Crippen molar-refractivity contribution in [3.05, 3.63) is 59.4 Å². The summed E-state index contributed by atoms with van der Waals surface area (Å²) in [7, 11) is 1.64. The van der Waals surface area contributed by atoms with E-state index in [4.69, 9.17) is 18.9 Å². The smallest absolute Gasteiger partial charge is 0.311 e. The fourth-order valence-electron chi connectivity index (χ4n) is 3.38. The number of carbonyl (C=O) groups excluding carboxylic acids is 1. The highest BCUT2D eigenvalue weighted by atomic mass is 16.7. The molecule has 3 aromatic rings. The monoisotopic (exact) mass is 394 g/mol. The van der Waals surface area contributed by atoms with Gasteiger partial charge in [0.15, 0.2) is 11.5 Å². The van der Waals surface area contributed by atoms with Crippen molar-refractivity contribution in [1.82, 2.24) is 9.78 Å². The summed E-state index contributed by atoms with van der Waals surface area (Å²) in [5.74, 6) is 2.14. The number of fused-ring (bicyclic) bond motifs is 1. The first-order valence-corrected chi connectivity index (χ1v) is 9.35. The number of hydrogen-bond acceptors (Lipinski definition) is 6. The number of benzene rings is 2. The standard InChI is InChI=1S/C22H22N2O5/c1-14-19(15(2)24(23-14)16-5-4-6-17(11-16)26-3)8-10-22(25)29-18-7-9-20-21(12-18)28-13-27-20/h4-7,9,11-12H,8,10,13H2,1-3H3. The highest BCUT2D eigenvalue weighted by Gasteiger charge is 2.17. The molecule has 0 N–H and O–H groups in total. The van der Waals surface area contributed by atoms with E-state index in [1.54, 1.807) is 25.3 Å². The number of ether oxygens (including phenoxy) is 4. The van der Waals surface area contributed by atoms with E-state index in [1.807, 2.05) is 42.8 Å². The maximum Gasteiger partial charge on any atom is 0.311 e. The Morgan fingerprint density at radius 2 is 1.93 bits per heavy atom. The molecule has 0 atom stereocenters. The van der Waals surface area contributed by atoms with Gasteiger partial charge in [-0.3, -0.25) is 4.79 Å². The van der Waals surface area contributed by atoms with Crippen molar-refractivity contribution < 1.29 is 23.7 Å². The summed E-state index contributed by atoms with van der Waals surface area (Å²) in [6.45, 7) is 4.13. The molecular formula is C22H22N2O5. The molecule has 7 heteroatoms. The van der Waals surface area contributed by atoms with Crippen LogP contribution in [0.3, 0.4) is 0 Å². The van der Waals surface area contributed by atoms with Crippen molar-refractivity contribution >= 4 is 5.97 Å². The molecule has 0 bridgehead atoms. The molecular weight excluding hydrogens is 372 g/mol. The summed E-state index contributed by atoms with van der Waals surface area (Å²) in [5.41, 5.74) is 3.84. The predicted molar refractivity (Wildman–Crippen MR) is 106 cm³/mol. The summed E-state index contributed by atoms with van der Waals surface area (Å²) in [6.07, 6.45) is 0.797. The van der Waals surface area contributed by atoms with E-state index in [1.165, 1.54) is 0 Å². The molecule has 2 heterocycles. The zero-order valence-corrected chi connectivity index (χ0v) is 16.6. The molecule has 0 unspecified atom stereocenters. The number of methoxy groups -OCH3 is 1. The maximum atomic E-state index is 12.3. The fourth-order valence-corrected chi connectivity index (χ4v) is 3.38. The SMILES string of the molecule is COc1cccc(-n2nc(C)c(CCC(=O)Oc3ccc4c(c3)OCO4)c2C)c1. The van der Waals surface area contributed by atoms with Gasteiger partial charge in [0.05, 0.1) is 24.9 Å². The Hall–Kier alpha value is -3.48. The van der Waals surface area contributed by atoms with Gasteiger partial charge in [0.1, 0.15) is 11.5 Å². The molecule has 0 spiro atoms. The third kappa shape index (κ3) is 3.89. The second-order valence-electron chi connectivity index (χ2n) is 6.75. The lowest BCUT2D eigenvalue weighted by atomic mass is 10.1. The second kappa shape index (κ2) is 7.87. The summed E-state index contributed by atoms with van der Waals surface area (Å²) in [4.78, 5) is 12.3. The van der Waals surface area contributed by atoms with Crippen LogP contribution >= 0.6 is 0 Å². The van der Waals surface area contributed by atoms with Crippen molar-refractivity contribution in [3.63, 3.8) is 0 Å². The van der Waals surface area contributed by atoms with Gasteiger partial charge in [-0.15, -0.1) is 0 Å². The molecule has 2 aromatic carbocycles. The number of aromatic nitrogens is 2. The van der Waals surface area contributed by atoms with E-state index in [2.05, 4.69) is 5.10 Å². The van der Waals surface area contributed by atoms with Crippen molar-refractivity contribution in [2.45, 2.75) is 26.7 Å². The largest absolute Gasteiger partial charge is 0.497 e. The molecule has 4 rings (SSSR count). The van der Waals surface area contributed by atoms with E-state index in [0.717, 1.165) is 28.4 Å². The summed E-state index contributed by atoms with van der Waals surface area (Å²) >= 11 is 0. The van der Waals surface area contributed by atoms with Gasteiger partial charge >= 0.3 is 5.97 Å². The molecule has 1 aromatic heterocycles. The average Bonchev–Trinajstić information content (AvgIpc) is 3.30. The lowest BCUT2D eigenvalue weighted by Crippen LogP contribution is -2.09. The van der Waals surface area contributed by atoms with Crippen LogP contribution in [0.5, 0.6) is 23.0 Å². The highest BCUT2D eigenvalue weighted by Crippen LogP contribution is 2.35. The lowest BCUT2D eigenvalue weighted by Gasteiger charge is -2.08. The molecule has 0 aliphatic carbocycles.